The van der Waals surface area contributed by atoms with Crippen LogP contribution >= 0.6 is 0 Å². The van der Waals surface area contributed by atoms with Crippen molar-refractivity contribution >= 4 is 18.0 Å². The van der Waals surface area contributed by atoms with Crippen molar-refractivity contribution in [3.05, 3.63) is 35.9 Å². The van der Waals surface area contributed by atoms with Gasteiger partial charge in [0.25, 0.3) is 5.91 Å². The molecule has 0 aliphatic rings. The van der Waals surface area contributed by atoms with Gasteiger partial charge in [-0.3, -0.25) is 4.79 Å². The molecule has 1 rings (SSSR count). The molecule has 0 aliphatic carbocycles. The second-order valence-corrected chi connectivity index (χ2v) is 8.40. The van der Waals surface area contributed by atoms with Crippen LogP contribution in [0.5, 0.6) is 0 Å². The second kappa shape index (κ2) is 11.8. The fraction of sp³-hybridized carbons (Fsp3) is 0.591. The van der Waals surface area contributed by atoms with Gasteiger partial charge < -0.3 is 25.2 Å². The number of hydrogen-bond acceptors (Lipinski definition) is 6. The van der Waals surface area contributed by atoms with Gasteiger partial charge in [0.05, 0.1) is 6.04 Å². The number of carbonyl (C=O) groups excluding carboxylic acids is 3. The van der Waals surface area contributed by atoms with Crippen LogP contribution in [0.1, 0.15) is 53.0 Å². The molecular formula is C22H32F2N2O6. The van der Waals surface area contributed by atoms with Crippen LogP contribution in [0.15, 0.2) is 30.3 Å². The zero-order valence-corrected chi connectivity index (χ0v) is 19.0. The zero-order chi connectivity index (χ0) is 24.5. The summed E-state index contributed by atoms with van der Waals surface area (Å²) in [6.45, 7) is 7.56. The molecule has 1 unspecified atom stereocenters. The summed E-state index contributed by atoms with van der Waals surface area (Å²) in [5.41, 5.74) is -0.183. The molecule has 1 aromatic carbocycles. The number of alkyl halides is 2. The van der Waals surface area contributed by atoms with E-state index in [1.807, 2.05) is 5.32 Å². The molecule has 0 spiro atoms. The molecule has 0 aromatic heterocycles. The molecule has 2 amide bonds. The van der Waals surface area contributed by atoms with E-state index in [2.05, 4.69) is 5.32 Å². The Kier molecular flexibility index (Phi) is 10.0. The number of aliphatic hydroxyl groups is 1. The molecule has 0 saturated heterocycles. The molecule has 180 valence electrons. The average molecular weight is 459 g/mol. The number of halogens is 2. The monoisotopic (exact) mass is 458 g/mol. The Balaban J connectivity index is 2.74. The Morgan fingerprint density at radius 1 is 1.09 bits per heavy atom. The van der Waals surface area contributed by atoms with Gasteiger partial charge in [-0.1, -0.05) is 43.7 Å². The van der Waals surface area contributed by atoms with E-state index < -0.39 is 47.7 Å². The minimum Gasteiger partial charge on any atom is -0.459 e. The topological polar surface area (TPSA) is 114 Å². The molecule has 0 saturated carbocycles. The summed E-state index contributed by atoms with van der Waals surface area (Å²) < 4.78 is 39.3. The summed E-state index contributed by atoms with van der Waals surface area (Å²) in [7, 11) is 0. The quantitative estimate of drug-likeness (QED) is 0.465. The van der Waals surface area contributed by atoms with E-state index in [4.69, 9.17) is 9.47 Å². The predicted octanol–water partition coefficient (Wildman–Crippen LogP) is 2.92. The molecule has 0 fully saturated rings. The first-order valence-electron chi connectivity index (χ1n) is 10.3. The second-order valence-electron chi connectivity index (χ2n) is 8.40. The smallest absolute Gasteiger partial charge is 0.407 e. The van der Waals surface area contributed by atoms with Crippen molar-refractivity contribution in [3.63, 3.8) is 0 Å². The number of benzene rings is 1. The summed E-state index contributed by atoms with van der Waals surface area (Å²) in [6, 6.07) is 5.87. The number of amides is 2. The maximum atomic E-state index is 14.6. The molecule has 0 bridgehead atoms. The Labute approximate surface area is 186 Å². The lowest BCUT2D eigenvalue weighted by Gasteiger charge is -2.30. The lowest BCUT2D eigenvalue weighted by Crippen LogP contribution is -2.59. The van der Waals surface area contributed by atoms with Crippen LogP contribution in [0.3, 0.4) is 0 Å². The van der Waals surface area contributed by atoms with Crippen molar-refractivity contribution in [2.75, 3.05) is 0 Å². The van der Waals surface area contributed by atoms with Crippen LogP contribution in [0.2, 0.25) is 0 Å². The van der Waals surface area contributed by atoms with Crippen molar-refractivity contribution in [2.45, 2.75) is 83.8 Å². The number of nitrogens with one attached hydrogen (secondary N) is 2. The van der Waals surface area contributed by atoms with E-state index in [1.54, 1.807) is 58.0 Å². The number of esters is 1. The van der Waals surface area contributed by atoms with Crippen LogP contribution in [0.4, 0.5) is 13.6 Å². The maximum absolute atomic E-state index is 14.6. The summed E-state index contributed by atoms with van der Waals surface area (Å²) >= 11 is 0. The third-order valence-corrected chi connectivity index (χ3v) is 4.28. The van der Waals surface area contributed by atoms with E-state index in [0.717, 1.165) is 0 Å². The van der Waals surface area contributed by atoms with Crippen LogP contribution in [0, 0.1) is 0 Å². The molecule has 0 radical (unpaired) electrons. The molecule has 10 heteroatoms. The molecule has 3 atom stereocenters. The first-order valence-corrected chi connectivity index (χ1v) is 10.3. The number of aliphatic hydroxyl groups excluding tert-OH is 1. The van der Waals surface area contributed by atoms with Gasteiger partial charge in [-0.25, -0.2) is 9.59 Å². The lowest BCUT2D eigenvalue weighted by molar-refractivity contribution is -0.169. The van der Waals surface area contributed by atoms with Crippen molar-refractivity contribution < 1.29 is 37.7 Å². The van der Waals surface area contributed by atoms with Crippen LogP contribution < -0.4 is 10.6 Å². The first kappa shape index (κ1) is 27.3. The third-order valence-electron chi connectivity index (χ3n) is 4.28. The number of rotatable bonds is 10. The van der Waals surface area contributed by atoms with Gasteiger partial charge in [0.1, 0.15) is 24.4 Å². The van der Waals surface area contributed by atoms with Gasteiger partial charge >= 0.3 is 18.0 Å². The Morgan fingerprint density at radius 3 is 2.22 bits per heavy atom. The molecule has 1 aromatic rings. The number of alkyl carbamates (subject to hydrolysis) is 1. The van der Waals surface area contributed by atoms with Gasteiger partial charge in [0, 0.05) is 0 Å². The molecule has 3 N–H and O–H groups in total. The Bertz CT molecular complexity index is 767. The standard InChI is InChI=1S/C22H32F2N2O6/c1-6-10-16(26-20(30)32-21(3,4)5)17(27)22(23,24)19(29)25-14(2)18(28)31-13-15-11-8-7-9-12-15/h7-9,11-12,14,16-17,27H,6,10,13H2,1-5H3,(H,25,29)(H,26,30)/t14-,16+,17?/m1/s1. The number of carbonyl (C=O) groups is 3. The molecule has 0 aliphatic heterocycles. The normalized spacial score (nSPS) is 14.6. The lowest BCUT2D eigenvalue weighted by atomic mass is 9.99. The Hall–Kier alpha value is -2.75. The van der Waals surface area contributed by atoms with E-state index in [-0.39, 0.29) is 13.0 Å². The van der Waals surface area contributed by atoms with E-state index in [0.29, 0.717) is 12.0 Å². The van der Waals surface area contributed by atoms with Crippen LogP contribution in [-0.2, 0) is 25.7 Å². The van der Waals surface area contributed by atoms with Crippen LogP contribution in [0.25, 0.3) is 0 Å². The average Bonchev–Trinajstić information content (AvgIpc) is 2.70. The predicted molar refractivity (Wildman–Crippen MR) is 113 cm³/mol. The number of ether oxygens (including phenoxy) is 2. The fourth-order valence-corrected chi connectivity index (χ4v) is 2.67. The van der Waals surface area contributed by atoms with Gasteiger partial charge in [-0.05, 0) is 39.7 Å². The highest BCUT2D eigenvalue weighted by atomic mass is 19.3. The van der Waals surface area contributed by atoms with E-state index in [1.165, 1.54) is 6.92 Å². The zero-order valence-electron chi connectivity index (χ0n) is 19.0. The highest BCUT2D eigenvalue weighted by Gasteiger charge is 2.51. The largest absolute Gasteiger partial charge is 0.459 e. The summed E-state index contributed by atoms with van der Waals surface area (Å²) in [6.07, 6.45) is -3.22. The van der Waals surface area contributed by atoms with Crippen molar-refractivity contribution in [2.24, 2.45) is 0 Å². The Morgan fingerprint density at radius 2 is 1.69 bits per heavy atom. The molecular weight excluding hydrogens is 426 g/mol. The van der Waals surface area contributed by atoms with Gasteiger partial charge in [0.2, 0.25) is 0 Å². The van der Waals surface area contributed by atoms with Crippen molar-refractivity contribution in [1.82, 2.24) is 10.6 Å². The fourth-order valence-electron chi connectivity index (χ4n) is 2.67. The third kappa shape index (κ3) is 8.78. The van der Waals surface area contributed by atoms with Gasteiger partial charge in [0.15, 0.2) is 0 Å². The molecule has 32 heavy (non-hydrogen) atoms. The summed E-state index contributed by atoms with van der Waals surface area (Å²) in [5, 5.41) is 14.2. The van der Waals surface area contributed by atoms with Crippen molar-refractivity contribution in [3.8, 4) is 0 Å². The molecule has 0 heterocycles. The highest BCUT2D eigenvalue weighted by Crippen LogP contribution is 2.24. The molecule has 8 nitrogen and oxygen atoms in total. The maximum Gasteiger partial charge on any atom is 0.407 e. The SMILES string of the molecule is CCC[C@H](NC(=O)OC(C)(C)C)C(O)C(F)(F)C(=O)N[C@H](C)C(=O)OCc1ccccc1. The van der Waals surface area contributed by atoms with Crippen LogP contribution in [-0.4, -0.2) is 52.8 Å². The van der Waals surface area contributed by atoms with E-state index >= 15 is 0 Å². The van der Waals surface area contributed by atoms with Gasteiger partial charge in [-0.2, -0.15) is 8.78 Å². The minimum absolute atomic E-state index is 0.0298. The summed E-state index contributed by atoms with van der Waals surface area (Å²) in [4.78, 5) is 36.1. The minimum atomic E-state index is -4.29. The number of hydrogen-bond donors (Lipinski definition) is 3. The first-order chi connectivity index (χ1) is 14.8. The van der Waals surface area contributed by atoms with E-state index in [9.17, 15) is 28.3 Å². The highest BCUT2D eigenvalue weighted by molar-refractivity contribution is 5.89. The summed E-state index contributed by atoms with van der Waals surface area (Å²) in [5.74, 6) is -7.06. The van der Waals surface area contributed by atoms with Gasteiger partial charge in [-0.15, -0.1) is 0 Å². The van der Waals surface area contributed by atoms with Crippen molar-refractivity contribution in [1.29, 1.82) is 0 Å².